The highest BCUT2D eigenvalue weighted by atomic mass is 16.3. The van der Waals surface area contributed by atoms with Crippen molar-refractivity contribution in [3.8, 4) is 0 Å². The summed E-state index contributed by atoms with van der Waals surface area (Å²) in [5.74, 6) is 0.742. The molecule has 1 aromatic carbocycles. The maximum absolute atomic E-state index is 13.3. The largest absolute Gasteiger partial charge is 0.467 e. The second-order valence-electron chi connectivity index (χ2n) is 8.80. The summed E-state index contributed by atoms with van der Waals surface area (Å²) in [7, 11) is 0. The Balaban J connectivity index is 1.93. The van der Waals surface area contributed by atoms with Crippen LogP contribution < -0.4 is 0 Å². The molecule has 0 fully saturated rings. The minimum absolute atomic E-state index is 0.0156. The maximum atomic E-state index is 13.3. The fourth-order valence-electron chi connectivity index (χ4n) is 3.81. The Hall–Kier alpha value is -2.56. The summed E-state index contributed by atoms with van der Waals surface area (Å²) in [4.78, 5) is 29.6. The van der Waals surface area contributed by atoms with Gasteiger partial charge in [-0.1, -0.05) is 75.8 Å². The number of carbonyl (C=O) groups is 2. The predicted molar refractivity (Wildman–Crippen MR) is 129 cm³/mol. The van der Waals surface area contributed by atoms with Crippen molar-refractivity contribution in [2.45, 2.75) is 91.3 Å². The van der Waals surface area contributed by atoms with Gasteiger partial charge < -0.3 is 14.2 Å². The van der Waals surface area contributed by atoms with E-state index in [0.717, 1.165) is 24.2 Å². The van der Waals surface area contributed by atoms with Crippen LogP contribution in [-0.2, 0) is 22.7 Å². The van der Waals surface area contributed by atoms with Gasteiger partial charge in [0.1, 0.15) is 5.76 Å². The Morgan fingerprint density at radius 1 is 0.844 bits per heavy atom. The number of hydrogen-bond acceptors (Lipinski definition) is 3. The first-order valence-electron chi connectivity index (χ1n) is 12.1. The van der Waals surface area contributed by atoms with Crippen molar-refractivity contribution in [2.24, 2.45) is 0 Å². The lowest BCUT2D eigenvalue weighted by atomic mass is 10.1. The lowest BCUT2D eigenvalue weighted by molar-refractivity contribution is -0.143. The first kappa shape index (κ1) is 25.7. The van der Waals surface area contributed by atoms with Gasteiger partial charge in [0.25, 0.3) is 0 Å². The van der Waals surface area contributed by atoms with Crippen LogP contribution in [0.25, 0.3) is 0 Å². The number of hydrogen-bond donors (Lipinski definition) is 0. The van der Waals surface area contributed by atoms with Crippen LogP contribution in [0.15, 0.2) is 53.1 Å². The number of rotatable bonds is 15. The molecule has 32 heavy (non-hydrogen) atoms. The lowest BCUT2D eigenvalue weighted by Gasteiger charge is -2.30. The summed E-state index contributed by atoms with van der Waals surface area (Å²) in [6.07, 6.45) is 10.3. The summed E-state index contributed by atoms with van der Waals surface area (Å²) in [6.45, 7) is 7.14. The normalized spacial score (nSPS) is 11.0. The van der Waals surface area contributed by atoms with Gasteiger partial charge in [-0.25, -0.2) is 0 Å². The zero-order valence-corrected chi connectivity index (χ0v) is 20.1. The van der Waals surface area contributed by atoms with E-state index in [4.69, 9.17) is 4.42 Å². The molecule has 0 aliphatic heterocycles. The number of amides is 2. The monoisotopic (exact) mass is 440 g/mol. The molecule has 0 N–H and O–H groups in total. The van der Waals surface area contributed by atoms with Crippen molar-refractivity contribution < 1.29 is 14.0 Å². The topological polar surface area (TPSA) is 53.8 Å². The molecule has 2 aromatic rings. The summed E-state index contributed by atoms with van der Waals surface area (Å²) in [5, 5.41) is 0. The highest BCUT2D eigenvalue weighted by Gasteiger charge is 2.24. The molecule has 5 heteroatoms. The molecule has 176 valence electrons. The van der Waals surface area contributed by atoms with Gasteiger partial charge >= 0.3 is 0 Å². The molecule has 0 saturated heterocycles. The Kier molecular flexibility index (Phi) is 11.6. The third kappa shape index (κ3) is 9.29. The van der Waals surface area contributed by atoms with Crippen LogP contribution in [0, 0.1) is 0 Å². The minimum Gasteiger partial charge on any atom is -0.467 e. The standard InChI is InChI=1S/C27H40N2O3/c1-4-5-6-7-8-9-13-18-26(30)29(23(2)3)22-27(31)28(21-25-17-14-19-32-25)20-24-15-11-10-12-16-24/h10-12,14-17,19,23H,4-9,13,18,20-22H2,1-3H3. The van der Waals surface area contributed by atoms with Crippen LogP contribution in [0.1, 0.15) is 83.5 Å². The van der Waals surface area contributed by atoms with E-state index in [9.17, 15) is 9.59 Å². The lowest BCUT2D eigenvalue weighted by Crippen LogP contribution is -2.45. The first-order valence-corrected chi connectivity index (χ1v) is 12.1. The molecule has 0 bridgehead atoms. The van der Waals surface area contributed by atoms with Crippen LogP contribution in [0.2, 0.25) is 0 Å². The molecule has 5 nitrogen and oxygen atoms in total. The zero-order valence-electron chi connectivity index (χ0n) is 20.1. The highest BCUT2D eigenvalue weighted by molar-refractivity contribution is 5.85. The van der Waals surface area contributed by atoms with E-state index in [1.165, 1.54) is 32.1 Å². The number of benzene rings is 1. The van der Waals surface area contributed by atoms with Crippen molar-refractivity contribution in [1.29, 1.82) is 0 Å². The van der Waals surface area contributed by atoms with E-state index in [-0.39, 0.29) is 24.4 Å². The van der Waals surface area contributed by atoms with Gasteiger partial charge in [-0.2, -0.15) is 0 Å². The summed E-state index contributed by atoms with van der Waals surface area (Å²) in [5.41, 5.74) is 1.05. The average Bonchev–Trinajstić information content (AvgIpc) is 3.29. The molecule has 0 radical (unpaired) electrons. The molecule has 0 saturated carbocycles. The van der Waals surface area contributed by atoms with Crippen molar-refractivity contribution in [3.05, 3.63) is 60.1 Å². The van der Waals surface area contributed by atoms with Crippen molar-refractivity contribution in [1.82, 2.24) is 9.80 Å². The molecule has 0 unspecified atom stereocenters. The van der Waals surface area contributed by atoms with E-state index >= 15 is 0 Å². The minimum atomic E-state index is -0.0631. The fraction of sp³-hybridized carbons (Fsp3) is 0.556. The second kappa shape index (κ2) is 14.5. The van der Waals surface area contributed by atoms with Crippen molar-refractivity contribution in [3.63, 3.8) is 0 Å². The van der Waals surface area contributed by atoms with Crippen LogP contribution in [0.5, 0.6) is 0 Å². The Bertz CT molecular complexity index is 771. The number of nitrogens with zero attached hydrogens (tertiary/aromatic N) is 2. The number of furan rings is 1. The van der Waals surface area contributed by atoms with Crippen LogP contribution in [0.3, 0.4) is 0 Å². The zero-order chi connectivity index (χ0) is 23.2. The highest BCUT2D eigenvalue weighted by Crippen LogP contribution is 2.14. The van der Waals surface area contributed by atoms with Crippen LogP contribution >= 0.6 is 0 Å². The fourth-order valence-corrected chi connectivity index (χ4v) is 3.81. The third-order valence-corrected chi connectivity index (χ3v) is 5.74. The van der Waals surface area contributed by atoms with Gasteiger partial charge in [0.15, 0.2) is 0 Å². The molecule has 0 aliphatic carbocycles. The molecule has 0 atom stereocenters. The van der Waals surface area contributed by atoms with Gasteiger partial charge in [0.05, 0.1) is 19.4 Å². The van der Waals surface area contributed by atoms with E-state index in [0.29, 0.717) is 19.5 Å². The number of unbranched alkanes of at least 4 members (excludes halogenated alkanes) is 6. The third-order valence-electron chi connectivity index (χ3n) is 5.74. The van der Waals surface area contributed by atoms with E-state index in [2.05, 4.69) is 6.92 Å². The van der Waals surface area contributed by atoms with Crippen LogP contribution in [-0.4, -0.2) is 34.2 Å². The molecular weight excluding hydrogens is 400 g/mol. The van der Waals surface area contributed by atoms with Gasteiger partial charge in [-0.3, -0.25) is 9.59 Å². The molecule has 0 spiro atoms. The van der Waals surface area contributed by atoms with Gasteiger partial charge in [-0.15, -0.1) is 0 Å². The van der Waals surface area contributed by atoms with Gasteiger partial charge in [-0.05, 0) is 38.0 Å². The molecule has 1 aromatic heterocycles. The first-order chi connectivity index (χ1) is 15.5. The molecule has 1 heterocycles. The van der Waals surface area contributed by atoms with Crippen LogP contribution in [0.4, 0.5) is 0 Å². The summed E-state index contributed by atoms with van der Waals surface area (Å²) < 4.78 is 5.48. The molecule has 2 amide bonds. The molecule has 0 aliphatic rings. The molecular formula is C27H40N2O3. The predicted octanol–water partition coefficient (Wildman–Crippen LogP) is 6.19. The van der Waals surface area contributed by atoms with Gasteiger partial charge in [0, 0.05) is 19.0 Å². The van der Waals surface area contributed by atoms with E-state index in [1.807, 2.05) is 56.3 Å². The Morgan fingerprint density at radius 2 is 1.53 bits per heavy atom. The smallest absolute Gasteiger partial charge is 0.242 e. The second-order valence-corrected chi connectivity index (χ2v) is 8.80. The Morgan fingerprint density at radius 3 is 2.16 bits per heavy atom. The Labute approximate surface area is 193 Å². The van der Waals surface area contributed by atoms with E-state index < -0.39 is 0 Å². The quantitative estimate of drug-likeness (QED) is 0.310. The summed E-state index contributed by atoms with van der Waals surface area (Å²) in [6, 6.07) is 13.6. The maximum Gasteiger partial charge on any atom is 0.242 e. The number of carbonyl (C=O) groups excluding carboxylic acids is 2. The van der Waals surface area contributed by atoms with Crippen molar-refractivity contribution >= 4 is 11.8 Å². The van der Waals surface area contributed by atoms with Crippen molar-refractivity contribution in [2.75, 3.05) is 6.54 Å². The summed E-state index contributed by atoms with van der Waals surface area (Å²) >= 11 is 0. The average molecular weight is 441 g/mol. The van der Waals surface area contributed by atoms with E-state index in [1.54, 1.807) is 16.1 Å². The SMILES string of the molecule is CCCCCCCCCC(=O)N(CC(=O)N(Cc1ccccc1)Cc1ccco1)C(C)C. The van der Waals surface area contributed by atoms with Gasteiger partial charge in [0.2, 0.25) is 11.8 Å². The molecule has 2 rings (SSSR count).